The third-order valence-electron chi connectivity index (χ3n) is 8.76. The van der Waals surface area contributed by atoms with Gasteiger partial charge >= 0.3 is 6.09 Å². The summed E-state index contributed by atoms with van der Waals surface area (Å²) in [6.07, 6.45) is 5.47. The predicted molar refractivity (Wildman–Crippen MR) is 174 cm³/mol. The van der Waals surface area contributed by atoms with Crippen LogP contribution in [0, 0.1) is 17.7 Å². The van der Waals surface area contributed by atoms with Crippen LogP contribution >= 0.6 is 0 Å². The Balaban J connectivity index is 0.997. The van der Waals surface area contributed by atoms with Crippen molar-refractivity contribution in [3.63, 3.8) is 0 Å². The molecular formula is C37H45FN2O6. The molecule has 1 saturated carbocycles. The number of halogens is 1. The normalized spacial score (nSPS) is 17.4. The second-order valence-electron chi connectivity index (χ2n) is 12.3. The molecule has 0 spiro atoms. The van der Waals surface area contributed by atoms with E-state index in [1.807, 2.05) is 60.7 Å². The van der Waals surface area contributed by atoms with Gasteiger partial charge in [0, 0.05) is 26.2 Å². The third-order valence-corrected chi connectivity index (χ3v) is 8.76. The number of carbonyl (C=O) groups is 2. The topological polar surface area (TPSA) is 77.5 Å². The van der Waals surface area contributed by atoms with Gasteiger partial charge in [-0.25, -0.2) is 9.18 Å². The number of amides is 2. The van der Waals surface area contributed by atoms with Crippen LogP contribution in [0.4, 0.5) is 9.18 Å². The molecule has 0 radical (unpaired) electrons. The second-order valence-corrected chi connectivity index (χ2v) is 12.3. The average molecular weight is 633 g/mol. The highest BCUT2D eigenvalue weighted by Gasteiger charge is 2.34. The van der Waals surface area contributed by atoms with E-state index < -0.39 is 11.9 Å². The zero-order valence-electron chi connectivity index (χ0n) is 26.9. The molecule has 3 aromatic carbocycles. The van der Waals surface area contributed by atoms with Crippen LogP contribution in [0.3, 0.4) is 0 Å². The Morgan fingerprint density at radius 1 is 0.913 bits per heavy atom. The Labute approximate surface area is 271 Å². The minimum absolute atomic E-state index is 0.171. The third kappa shape index (κ3) is 8.92. The minimum atomic E-state index is -0.525. The Morgan fingerprint density at radius 2 is 1.65 bits per heavy atom. The molecule has 46 heavy (non-hydrogen) atoms. The molecular weight excluding hydrogens is 587 g/mol. The van der Waals surface area contributed by atoms with E-state index in [0.29, 0.717) is 57.0 Å². The van der Waals surface area contributed by atoms with Gasteiger partial charge in [-0.2, -0.15) is 0 Å². The number of nitrogens with zero attached hydrogens (tertiary/aromatic N) is 2. The van der Waals surface area contributed by atoms with Crippen LogP contribution in [0.5, 0.6) is 17.2 Å². The lowest BCUT2D eigenvalue weighted by molar-refractivity contribution is 0.0717. The van der Waals surface area contributed by atoms with Crippen LogP contribution in [0.15, 0.2) is 66.7 Å². The van der Waals surface area contributed by atoms with Gasteiger partial charge in [-0.15, -0.1) is 0 Å². The molecule has 3 aromatic rings. The van der Waals surface area contributed by atoms with Crippen molar-refractivity contribution in [2.45, 2.75) is 58.6 Å². The lowest BCUT2D eigenvalue weighted by Gasteiger charge is -2.31. The van der Waals surface area contributed by atoms with Gasteiger partial charge in [-0.3, -0.25) is 4.79 Å². The van der Waals surface area contributed by atoms with Gasteiger partial charge in [0.15, 0.2) is 11.6 Å². The van der Waals surface area contributed by atoms with Gasteiger partial charge in [-0.1, -0.05) is 55.8 Å². The van der Waals surface area contributed by atoms with Crippen molar-refractivity contribution >= 4 is 12.0 Å². The van der Waals surface area contributed by atoms with Gasteiger partial charge in [0.2, 0.25) is 0 Å². The molecule has 246 valence electrons. The smallest absolute Gasteiger partial charge is 0.409 e. The van der Waals surface area contributed by atoms with Gasteiger partial charge in [-0.05, 0) is 73.3 Å². The summed E-state index contributed by atoms with van der Waals surface area (Å²) in [5.41, 5.74) is 1.86. The molecule has 9 heteroatoms. The molecule has 5 rings (SSSR count). The number of likely N-dealkylation sites (N-methyl/N-ethyl adjacent to an activating group) is 1. The second kappa shape index (κ2) is 16.3. The quantitative estimate of drug-likeness (QED) is 0.162. The Morgan fingerprint density at radius 3 is 2.41 bits per heavy atom. The fraction of sp³-hybridized carbons (Fsp3) is 0.459. The van der Waals surface area contributed by atoms with Crippen LogP contribution in [-0.4, -0.2) is 61.8 Å². The number of hydrogen-bond donors (Lipinski definition) is 0. The van der Waals surface area contributed by atoms with E-state index in [2.05, 4.69) is 6.92 Å². The first-order valence-corrected chi connectivity index (χ1v) is 16.4. The summed E-state index contributed by atoms with van der Waals surface area (Å²) in [5.74, 6) is 1.67. The Kier molecular flexibility index (Phi) is 11.8. The van der Waals surface area contributed by atoms with E-state index in [9.17, 15) is 9.59 Å². The SMILES string of the molecule is CCCCOc1ccc2c(c1F)C(=O)N(C[C@H]1CC[C@H](COc3cccc(OCCN(C)C(=O)OCc4ccccc4)c3)CC1)C2. The van der Waals surface area contributed by atoms with E-state index in [-0.39, 0.29) is 23.8 Å². The summed E-state index contributed by atoms with van der Waals surface area (Å²) in [4.78, 5) is 28.7. The van der Waals surface area contributed by atoms with E-state index >= 15 is 4.39 Å². The van der Waals surface area contributed by atoms with Crippen LogP contribution in [0.25, 0.3) is 0 Å². The molecule has 0 N–H and O–H groups in total. The summed E-state index contributed by atoms with van der Waals surface area (Å²) < 4.78 is 38.0. The summed E-state index contributed by atoms with van der Waals surface area (Å²) >= 11 is 0. The number of rotatable bonds is 15. The number of hydrogen-bond acceptors (Lipinski definition) is 6. The van der Waals surface area contributed by atoms with E-state index in [1.54, 1.807) is 18.0 Å². The van der Waals surface area contributed by atoms with Crippen molar-refractivity contribution in [2.75, 3.05) is 40.0 Å². The highest BCUT2D eigenvalue weighted by molar-refractivity contribution is 5.99. The van der Waals surface area contributed by atoms with Gasteiger partial charge in [0.1, 0.15) is 24.7 Å². The maximum atomic E-state index is 15.1. The fourth-order valence-electron chi connectivity index (χ4n) is 5.96. The molecule has 2 amide bonds. The molecule has 8 nitrogen and oxygen atoms in total. The minimum Gasteiger partial charge on any atom is -0.493 e. The van der Waals surface area contributed by atoms with E-state index in [4.69, 9.17) is 18.9 Å². The van der Waals surface area contributed by atoms with Gasteiger partial charge in [0.25, 0.3) is 5.91 Å². The summed E-state index contributed by atoms with van der Waals surface area (Å²) in [6.45, 7) is 5.17. The number of fused-ring (bicyclic) bond motifs is 1. The molecule has 0 saturated heterocycles. The molecule has 0 bridgehead atoms. The molecule has 0 unspecified atom stereocenters. The lowest BCUT2D eigenvalue weighted by atomic mass is 9.82. The molecule has 0 atom stereocenters. The van der Waals surface area contributed by atoms with Crippen molar-refractivity contribution in [2.24, 2.45) is 11.8 Å². The van der Waals surface area contributed by atoms with Crippen LogP contribution in [0.1, 0.15) is 66.9 Å². The maximum absolute atomic E-state index is 15.1. The molecule has 1 heterocycles. The zero-order valence-corrected chi connectivity index (χ0v) is 26.9. The fourth-order valence-corrected chi connectivity index (χ4v) is 5.96. The first-order chi connectivity index (χ1) is 22.4. The number of carbonyl (C=O) groups excluding carboxylic acids is 2. The van der Waals surface area contributed by atoms with Gasteiger partial charge in [0.05, 0.1) is 25.3 Å². The summed E-state index contributed by atoms with van der Waals surface area (Å²) in [6, 6.07) is 20.6. The largest absolute Gasteiger partial charge is 0.493 e. The molecule has 2 aliphatic rings. The molecule has 1 fully saturated rings. The number of benzene rings is 3. The summed E-state index contributed by atoms with van der Waals surface area (Å²) in [7, 11) is 1.69. The Hall–Kier alpha value is -4.27. The van der Waals surface area contributed by atoms with E-state index in [1.165, 1.54) is 4.90 Å². The molecule has 0 aromatic heterocycles. The zero-order chi connectivity index (χ0) is 32.3. The number of ether oxygens (including phenoxy) is 4. The Bertz CT molecular complexity index is 1440. The molecule has 1 aliphatic carbocycles. The number of unbranched alkanes of at least 4 members (excludes halogenated alkanes) is 1. The van der Waals surface area contributed by atoms with Gasteiger partial charge < -0.3 is 28.7 Å². The first kappa shape index (κ1) is 33.1. The van der Waals surface area contributed by atoms with Crippen LogP contribution < -0.4 is 14.2 Å². The summed E-state index contributed by atoms with van der Waals surface area (Å²) in [5, 5.41) is 0. The van der Waals surface area contributed by atoms with Crippen LogP contribution in [0.2, 0.25) is 0 Å². The standard InChI is InChI=1S/C37H45FN2O6/c1-3-4-20-44-33-18-17-30-24-40(36(41)34(30)35(33)38)23-27-13-15-29(16-14-27)25-45-32-12-8-11-31(22-32)43-21-19-39(2)37(42)46-26-28-9-6-5-7-10-28/h5-12,17-18,22,27,29H,3-4,13-16,19-21,23-26H2,1-2H3/t27-,29-. The van der Waals surface area contributed by atoms with Crippen molar-refractivity contribution in [1.29, 1.82) is 0 Å². The van der Waals surface area contributed by atoms with Crippen molar-refractivity contribution in [3.05, 3.63) is 89.2 Å². The first-order valence-electron chi connectivity index (χ1n) is 16.4. The average Bonchev–Trinajstić information content (AvgIpc) is 3.40. The van der Waals surface area contributed by atoms with Crippen LogP contribution in [-0.2, 0) is 17.9 Å². The predicted octanol–water partition coefficient (Wildman–Crippen LogP) is 7.49. The lowest BCUT2D eigenvalue weighted by Crippen LogP contribution is -2.32. The monoisotopic (exact) mass is 632 g/mol. The maximum Gasteiger partial charge on any atom is 0.409 e. The molecule has 1 aliphatic heterocycles. The van der Waals surface area contributed by atoms with Crippen molar-refractivity contribution in [1.82, 2.24) is 9.80 Å². The van der Waals surface area contributed by atoms with Crippen molar-refractivity contribution < 1.29 is 32.9 Å². The highest BCUT2D eigenvalue weighted by Crippen LogP contribution is 2.35. The highest BCUT2D eigenvalue weighted by atomic mass is 19.1. The van der Waals surface area contributed by atoms with Crippen molar-refractivity contribution in [3.8, 4) is 17.2 Å². The van der Waals surface area contributed by atoms with E-state index in [0.717, 1.165) is 55.4 Å².